The first kappa shape index (κ1) is 16.3. The highest BCUT2D eigenvalue weighted by Crippen LogP contribution is 2.34. The molecular formula is C17H19O2S2-. The van der Waals surface area contributed by atoms with Crippen molar-refractivity contribution in [1.29, 1.82) is 0 Å². The summed E-state index contributed by atoms with van der Waals surface area (Å²) in [5, 5.41) is 0. The van der Waals surface area contributed by atoms with Crippen LogP contribution in [0, 0.1) is 6.92 Å². The highest BCUT2D eigenvalue weighted by atomic mass is 32.2. The van der Waals surface area contributed by atoms with Crippen LogP contribution in [-0.4, -0.2) is 8.76 Å². The predicted molar refractivity (Wildman–Crippen MR) is 87.6 cm³/mol. The van der Waals surface area contributed by atoms with Gasteiger partial charge in [0.15, 0.2) is 0 Å². The molecule has 0 heterocycles. The SMILES string of the molecule is Cc1ccc(C(C)(C)C)cc1Sc1ccc(S(=O)[O-])cc1. The zero-order valence-corrected chi connectivity index (χ0v) is 14.3. The topological polar surface area (TPSA) is 40.1 Å². The van der Waals surface area contributed by atoms with Gasteiger partial charge < -0.3 is 4.55 Å². The third-order valence-electron chi connectivity index (χ3n) is 3.30. The number of hydrogen-bond acceptors (Lipinski definition) is 3. The second kappa shape index (κ2) is 6.34. The van der Waals surface area contributed by atoms with Gasteiger partial charge in [0.05, 0.1) is 0 Å². The van der Waals surface area contributed by atoms with E-state index in [2.05, 4.69) is 45.9 Å². The lowest BCUT2D eigenvalue weighted by Crippen LogP contribution is -2.11. The maximum absolute atomic E-state index is 10.9. The average Bonchev–Trinajstić information content (AvgIpc) is 2.40. The van der Waals surface area contributed by atoms with Gasteiger partial charge in [0.25, 0.3) is 0 Å². The van der Waals surface area contributed by atoms with Crippen LogP contribution in [0.25, 0.3) is 0 Å². The molecule has 0 aliphatic carbocycles. The Morgan fingerprint density at radius 3 is 2.19 bits per heavy atom. The van der Waals surface area contributed by atoms with E-state index >= 15 is 0 Å². The van der Waals surface area contributed by atoms with Crippen molar-refractivity contribution < 1.29 is 8.76 Å². The summed E-state index contributed by atoms with van der Waals surface area (Å²) in [5.74, 6) is 0. The van der Waals surface area contributed by atoms with Crippen LogP contribution in [0.15, 0.2) is 57.2 Å². The van der Waals surface area contributed by atoms with Gasteiger partial charge in [-0.15, -0.1) is 0 Å². The summed E-state index contributed by atoms with van der Waals surface area (Å²) < 4.78 is 21.7. The lowest BCUT2D eigenvalue weighted by Gasteiger charge is -2.20. The summed E-state index contributed by atoms with van der Waals surface area (Å²) in [5.41, 5.74) is 2.64. The fourth-order valence-electron chi connectivity index (χ4n) is 1.92. The van der Waals surface area contributed by atoms with Crippen LogP contribution in [0.4, 0.5) is 0 Å². The molecule has 0 saturated carbocycles. The molecule has 112 valence electrons. The Morgan fingerprint density at radius 1 is 1.05 bits per heavy atom. The maximum atomic E-state index is 10.9. The van der Waals surface area contributed by atoms with Crippen LogP contribution in [0.3, 0.4) is 0 Å². The Morgan fingerprint density at radius 2 is 1.67 bits per heavy atom. The molecule has 0 aliphatic heterocycles. The summed E-state index contributed by atoms with van der Waals surface area (Å²) in [6, 6.07) is 13.5. The fraction of sp³-hybridized carbons (Fsp3) is 0.294. The molecule has 1 unspecified atom stereocenters. The van der Waals surface area contributed by atoms with Crippen LogP contribution in [0.2, 0.25) is 0 Å². The number of hydrogen-bond donors (Lipinski definition) is 0. The Bertz CT molecular complexity index is 655. The average molecular weight is 319 g/mol. The third kappa shape index (κ3) is 4.19. The summed E-state index contributed by atoms with van der Waals surface area (Å²) in [4.78, 5) is 2.57. The Kier molecular flexibility index (Phi) is 4.91. The van der Waals surface area contributed by atoms with Gasteiger partial charge in [0.1, 0.15) is 0 Å². The molecule has 0 N–H and O–H groups in total. The van der Waals surface area contributed by atoms with Crippen molar-refractivity contribution in [2.75, 3.05) is 0 Å². The Balaban J connectivity index is 2.28. The van der Waals surface area contributed by atoms with Crippen molar-refractivity contribution in [3.05, 3.63) is 53.6 Å². The highest BCUT2D eigenvalue weighted by molar-refractivity contribution is 7.99. The minimum Gasteiger partial charge on any atom is -0.768 e. The molecule has 0 amide bonds. The van der Waals surface area contributed by atoms with E-state index in [4.69, 9.17) is 0 Å². The van der Waals surface area contributed by atoms with Gasteiger partial charge in [0.2, 0.25) is 0 Å². The van der Waals surface area contributed by atoms with Gasteiger partial charge in [-0.2, -0.15) is 0 Å². The van der Waals surface area contributed by atoms with E-state index in [1.807, 2.05) is 12.1 Å². The quantitative estimate of drug-likeness (QED) is 0.771. The van der Waals surface area contributed by atoms with Crippen molar-refractivity contribution >= 4 is 22.8 Å². The first-order valence-electron chi connectivity index (χ1n) is 6.76. The van der Waals surface area contributed by atoms with Crippen molar-refractivity contribution in [3.63, 3.8) is 0 Å². The van der Waals surface area contributed by atoms with E-state index in [0.29, 0.717) is 4.90 Å². The third-order valence-corrected chi connectivity index (χ3v) is 5.12. The highest BCUT2D eigenvalue weighted by Gasteiger charge is 2.15. The number of rotatable bonds is 3. The zero-order valence-electron chi connectivity index (χ0n) is 12.7. The molecule has 0 radical (unpaired) electrons. The molecule has 21 heavy (non-hydrogen) atoms. The summed E-state index contributed by atoms with van der Waals surface area (Å²) in [6.07, 6.45) is 0. The Hall–Kier alpha value is -1.10. The van der Waals surface area contributed by atoms with Crippen LogP contribution in [0.1, 0.15) is 31.9 Å². The van der Waals surface area contributed by atoms with Gasteiger partial charge in [-0.05, 0) is 64.9 Å². The molecule has 1 atom stereocenters. The molecule has 0 fully saturated rings. The second-order valence-corrected chi connectivity index (χ2v) is 8.09. The van der Waals surface area contributed by atoms with Crippen molar-refractivity contribution in [2.45, 2.75) is 47.8 Å². The molecule has 0 saturated heterocycles. The van der Waals surface area contributed by atoms with E-state index in [1.165, 1.54) is 16.0 Å². The molecule has 0 spiro atoms. The molecule has 2 rings (SSSR count). The number of benzene rings is 2. The normalized spacial score (nSPS) is 13.2. The predicted octanol–water partition coefficient (Wildman–Crippen LogP) is 4.68. The lowest BCUT2D eigenvalue weighted by atomic mass is 9.87. The zero-order chi connectivity index (χ0) is 15.6. The minimum atomic E-state index is -2.16. The van der Waals surface area contributed by atoms with E-state index in [-0.39, 0.29) is 5.41 Å². The van der Waals surface area contributed by atoms with Crippen LogP contribution in [0.5, 0.6) is 0 Å². The molecule has 2 aromatic carbocycles. The smallest absolute Gasteiger partial charge is 0.0249 e. The molecule has 0 aliphatic rings. The van der Waals surface area contributed by atoms with Crippen molar-refractivity contribution in [3.8, 4) is 0 Å². The first-order chi connectivity index (χ1) is 9.77. The van der Waals surface area contributed by atoms with Gasteiger partial charge >= 0.3 is 0 Å². The van der Waals surface area contributed by atoms with Gasteiger partial charge in [0, 0.05) is 14.7 Å². The van der Waals surface area contributed by atoms with Gasteiger partial charge in [-0.1, -0.05) is 44.7 Å². The minimum absolute atomic E-state index is 0.117. The van der Waals surface area contributed by atoms with Gasteiger partial charge in [-0.25, -0.2) is 0 Å². The van der Waals surface area contributed by atoms with E-state index in [1.54, 1.807) is 23.9 Å². The van der Waals surface area contributed by atoms with Crippen LogP contribution < -0.4 is 0 Å². The van der Waals surface area contributed by atoms with Crippen LogP contribution >= 0.6 is 11.8 Å². The fourth-order valence-corrected chi connectivity index (χ4v) is 3.22. The van der Waals surface area contributed by atoms with E-state index in [0.717, 1.165) is 4.90 Å². The van der Waals surface area contributed by atoms with Crippen LogP contribution in [-0.2, 0) is 16.5 Å². The summed E-state index contributed by atoms with van der Waals surface area (Å²) in [6.45, 7) is 8.69. The second-order valence-electron chi connectivity index (χ2n) is 6.04. The summed E-state index contributed by atoms with van der Waals surface area (Å²) in [7, 11) is 0. The molecule has 0 bridgehead atoms. The molecule has 0 aromatic heterocycles. The van der Waals surface area contributed by atoms with Crippen molar-refractivity contribution in [1.82, 2.24) is 0 Å². The van der Waals surface area contributed by atoms with E-state index in [9.17, 15) is 8.76 Å². The maximum Gasteiger partial charge on any atom is 0.0249 e. The summed E-state index contributed by atoms with van der Waals surface area (Å²) >= 11 is -0.499. The molecular weight excluding hydrogens is 300 g/mol. The number of aryl methyl sites for hydroxylation is 1. The lowest BCUT2D eigenvalue weighted by molar-refractivity contribution is 0.537. The Labute approximate surface area is 133 Å². The first-order valence-corrected chi connectivity index (χ1v) is 8.65. The van der Waals surface area contributed by atoms with E-state index < -0.39 is 11.1 Å². The molecule has 2 nitrogen and oxygen atoms in total. The molecule has 2 aromatic rings. The standard InChI is InChI=1S/C17H20O2S2/c1-12-5-6-13(17(2,3)4)11-16(12)20-14-7-9-15(10-8-14)21(18)19/h5-11H,1-4H3,(H,18,19)/p-1. The van der Waals surface area contributed by atoms with Gasteiger partial charge in [-0.3, -0.25) is 4.21 Å². The largest absolute Gasteiger partial charge is 0.768 e. The van der Waals surface area contributed by atoms with Crippen molar-refractivity contribution in [2.24, 2.45) is 0 Å². The monoisotopic (exact) mass is 319 g/mol. The molecule has 4 heteroatoms.